The van der Waals surface area contributed by atoms with Gasteiger partial charge in [-0.25, -0.2) is 0 Å². The molecule has 0 saturated heterocycles. The first-order valence-electron chi connectivity index (χ1n) is 11.3. The van der Waals surface area contributed by atoms with Gasteiger partial charge in [0, 0.05) is 10.9 Å². The van der Waals surface area contributed by atoms with Crippen LogP contribution < -0.4 is 9.47 Å². The quantitative estimate of drug-likeness (QED) is 0.361. The highest BCUT2D eigenvalue weighted by atomic mass is 16.5. The predicted octanol–water partition coefficient (Wildman–Crippen LogP) is 7.47. The lowest BCUT2D eigenvalue weighted by Gasteiger charge is -2.48. The van der Waals surface area contributed by atoms with E-state index in [0.29, 0.717) is 0 Å². The number of phenolic OH excluding ortho intramolecular Hbond substituents is 1. The Labute approximate surface area is 195 Å². The summed E-state index contributed by atoms with van der Waals surface area (Å²) in [5, 5.41) is 13.0. The van der Waals surface area contributed by atoms with Crippen LogP contribution in [-0.4, -0.2) is 19.3 Å². The summed E-state index contributed by atoms with van der Waals surface area (Å²) in [5.41, 5.74) is 6.67. The van der Waals surface area contributed by atoms with Gasteiger partial charge in [0.15, 0.2) is 0 Å². The van der Waals surface area contributed by atoms with E-state index in [0.717, 1.165) is 33.4 Å². The van der Waals surface area contributed by atoms with Crippen LogP contribution in [0.2, 0.25) is 0 Å². The van der Waals surface area contributed by atoms with Gasteiger partial charge in [-0.05, 0) is 74.4 Å². The van der Waals surface area contributed by atoms with E-state index in [1.165, 1.54) is 22.3 Å². The molecule has 0 aromatic heterocycles. The van der Waals surface area contributed by atoms with Crippen molar-refractivity contribution >= 4 is 10.8 Å². The average molecular weight is 439 g/mol. The van der Waals surface area contributed by atoms with E-state index in [-0.39, 0.29) is 16.6 Å². The molecule has 0 radical (unpaired) electrons. The zero-order chi connectivity index (χ0) is 23.5. The van der Waals surface area contributed by atoms with Crippen LogP contribution in [0, 0.1) is 0 Å². The maximum Gasteiger partial charge on any atom is 0.127 e. The number of ether oxygens (including phenoxy) is 2. The molecule has 4 aromatic rings. The van der Waals surface area contributed by atoms with Crippen molar-refractivity contribution in [1.82, 2.24) is 0 Å². The van der Waals surface area contributed by atoms with Crippen LogP contribution in [0.1, 0.15) is 38.8 Å². The largest absolute Gasteiger partial charge is 0.507 e. The van der Waals surface area contributed by atoms with E-state index in [2.05, 4.69) is 58.0 Å². The van der Waals surface area contributed by atoms with Crippen molar-refractivity contribution in [1.29, 1.82) is 0 Å². The van der Waals surface area contributed by atoms with E-state index in [1.807, 2.05) is 36.4 Å². The highest BCUT2D eigenvalue weighted by Gasteiger charge is 2.46. The van der Waals surface area contributed by atoms with E-state index in [4.69, 9.17) is 9.47 Å². The minimum absolute atomic E-state index is 0.0952. The fourth-order valence-electron chi connectivity index (χ4n) is 5.30. The summed E-state index contributed by atoms with van der Waals surface area (Å²) in [6, 6.07) is 22.7. The Kier molecular flexibility index (Phi) is 4.72. The minimum Gasteiger partial charge on any atom is -0.507 e. The molecule has 0 fully saturated rings. The highest BCUT2D eigenvalue weighted by Crippen LogP contribution is 2.57. The standard InChI is InChI=1S/C30H30O3/c1-29(2)24-10-8-7-9-20(24)28-23-15-21(18-11-13-19(32-5)14-12-18)27(33-6)16-22(23)26(31)17-25(28)30(29,3)4/h7-17,31H,1-6H3. The summed E-state index contributed by atoms with van der Waals surface area (Å²) in [6.07, 6.45) is 0. The molecule has 1 N–H and O–H groups in total. The molecule has 1 aliphatic rings. The van der Waals surface area contributed by atoms with Gasteiger partial charge in [-0.1, -0.05) is 64.1 Å². The topological polar surface area (TPSA) is 38.7 Å². The van der Waals surface area contributed by atoms with Gasteiger partial charge in [0.2, 0.25) is 0 Å². The van der Waals surface area contributed by atoms with Gasteiger partial charge in [-0.3, -0.25) is 0 Å². The van der Waals surface area contributed by atoms with Crippen molar-refractivity contribution in [3.8, 4) is 39.5 Å². The van der Waals surface area contributed by atoms with Gasteiger partial charge < -0.3 is 14.6 Å². The normalized spacial score (nSPS) is 15.6. The number of benzene rings is 4. The third-order valence-corrected chi connectivity index (χ3v) is 7.94. The number of methoxy groups -OCH3 is 2. The van der Waals surface area contributed by atoms with Crippen LogP contribution in [0.25, 0.3) is 33.0 Å². The molecule has 0 bridgehead atoms. The monoisotopic (exact) mass is 438 g/mol. The van der Waals surface area contributed by atoms with Crippen LogP contribution in [0.15, 0.2) is 66.7 Å². The first-order valence-corrected chi connectivity index (χ1v) is 11.3. The van der Waals surface area contributed by atoms with Gasteiger partial charge in [-0.15, -0.1) is 0 Å². The van der Waals surface area contributed by atoms with Crippen LogP contribution in [0.5, 0.6) is 17.2 Å². The number of fused-ring (bicyclic) bond motifs is 5. The van der Waals surface area contributed by atoms with Gasteiger partial charge in [-0.2, -0.15) is 0 Å². The molecule has 5 rings (SSSR count). The van der Waals surface area contributed by atoms with Crippen molar-refractivity contribution in [3.63, 3.8) is 0 Å². The molecular formula is C30H30O3. The van der Waals surface area contributed by atoms with Crippen LogP contribution in [-0.2, 0) is 10.8 Å². The van der Waals surface area contributed by atoms with Crippen molar-refractivity contribution in [2.75, 3.05) is 14.2 Å². The Balaban J connectivity index is 1.90. The Morgan fingerprint density at radius 1 is 0.667 bits per heavy atom. The Morgan fingerprint density at radius 2 is 1.33 bits per heavy atom. The van der Waals surface area contributed by atoms with E-state index >= 15 is 0 Å². The first-order chi connectivity index (χ1) is 15.7. The lowest BCUT2D eigenvalue weighted by molar-refractivity contribution is 0.298. The van der Waals surface area contributed by atoms with Gasteiger partial charge in [0.05, 0.1) is 14.2 Å². The predicted molar refractivity (Wildman–Crippen MR) is 136 cm³/mol. The third kappa shape index (κ3) is 2.95. The average Bonchev–Trinajstić information content (AvgIpc) is 2.82. The third-order valence-electron chi connectivity index (χ3n) is 7.94. The minimum atomic E-state index is -0.178. The molecule has 3 nitrogen and oxygen atoms in total. The zero-order valence-corrected chi connectivity index (χ0v) is 20.1. The smallest absolute Gasteiger partial charge is 0.127 e. The molecule has 168 valence electrons. The molecule has 0 saturated carbocycles. The van der Waals surface area contributed by atoms with Crippen molar-refractivity contribution in [3.05, 3.63) is 77.9 Å². The maximum absolute atomic E-state index is 11.2. The van der Waals surface area contributed by atoms with Crippen molar-refractivity contribution < 1.29 is 14.6 Å². The molecule has 0 unspecified atom stereocenters. The van der Waals surface area contributed by atoms with Gasteiger partial charge >= 0.3 is 0 Å². The van der Waals surface area contributed by atoms with Crippen LogP contribution in [0.3, 0.4) is 0 Å². The van der Waals surface area contributed by atoms with E-state index < -0.39 is 0 Å². The molecule has 33 heavy (non-hydrogen) atoms. The fourth-order valence-corrected chi connectivity index (χ4v) is 5.30. The molecular weight excluding hydrogens is 408 g/mol. The van der Waals surface area contributed by atoms with Crippen LogP contribution in [0.4, 0.5) is 0 Å². The number of hydrogen-bond donors (Lipinski definition) is 1. The van der Waals surface area contributed by atoms with Gasteiger partial charge in [0.25, 0.3) is 0 Å². The molecule has 0 spiro atoms. The second-order valence-electron chi connectivity index (χ2n) is 9.94. The summed E-state index contributed by atoms with van der Waals surface area (Å²) in [7, 11) is 3.34. The molecule has 0 heterocycles. The lowest BCUT2D eigenvalue weighted by Crippen LogP contribution is -2.43. The molecule has 1 aliphatic carbocycles. The van der Waals surface area contributed by atoms with Crippen molar-refractivity contribution in [2.45, 2.75) is 38.5 Å². The first kappa shape index (κ1) is 21.4. The SMILES string of the molecule is COc1ccc(-c2cc3c4c(cc(O)c3cc2OC)C(C)(C)C(C)(C)c2ccccc2-4)cc1. The molecule has 0 amide bonds. The second-order valence-corrected chi connectivity index (χ2v) is 9.94. The maximum atomic E-state index is 11.2. The van der Waals surface area contributed by atoms with Crippen molar-refractivity contribution in [2.24, 2.45) is 0 Å². The molecule has 4 aromatic carbocycles. The number of hydrogen-bond acceptors (Lipinski definition) is 3. The molecule has 3 heteroatoms. The van der Waals surface area contributed by atoms with Crippen LogP contribution >= 0.6 is 0 Å². The van der Waals surface area contributed by atoms with E-state index in [9.17, 15) is 5.11 Å². The number of aromatic hydroxyl groups is 1. The number of phenols is 1. The summed E-state index contributed by atoms with van der Waals surface area (Å²) in [5.74, 6) is 1.82. The summed E-state index contributed by atoms with van der Waals surface area (Å²) < 4.78 is 11.1. The zero-order valence-electron chi connectivity index (χ0n) is 20.1. The summed E-state index contributed by atoms with van der Waals surface area (Å²) in [4.78, 5) is 0. The molecule has 0 atom stereocenters. The number of rotatable bonds is 3. The Morgan fingerprint density at radius 3 is 2.00 bits per heavy atom. The van der Waals surface area contributed by atoms with E-state index in [1.54, 1.807) is 14.2 Å². The summed E-state index contributed by atoms with van der Waals surface area (Å²) in [6.45, 7) is 9.15. The lowest BCUT2D eigenvalue weighted by atomic mass is 9.55. The Bertz CT molecular complexity index is 1380. The Hall–Kier alpha value is -3.46. The molecule has 0 aliphatic heterocycles. The van der Waals surface area contributed by atoms with Gasteiger partial charge in [0.1, 0.15) is 17.2 Å². The summed E-state index contributed by atoms with van der Waals surface area (Å²) >= 11 is 0. The fraction of sp³-hybridized carbons (Fsp3) is 0.267. The highest BCUT2D eigenvalue weighted by molar-refractivity contribution is 6.06. The second kappa shape index (κ2) is 7.28.